The Balaban J connectivity index is 1.74. The molecule has 3 aromatic rings. The summed E-state index contributed by atoms with van der Waals surface area (Å²) in [5.41, 5.74) is 6.44. The molecule has 1 atom stereocenters. The van der Waals surface area contributed by atoms with E-state index in [0.29, 0.717) is 12.1 Å². The number of rotatable bonds is 10. The lowest BCUT2D eigenvalue weighted by Crippen LogP contribution is -2.42. The van der Waals surface area contributed by atoms with Crippen molar-refractivity contribution < 1.29 is 35.9 Å². The second-order valence-corrected chi connectivity index (χ2v) is 9.59. The summed E-state index contributed by atoms with van der Waals surface area (Å²) < 4.78 is 81.5. The third-order valence-electron chi connectivity index (χ3n) is 6.44. The van der Waals surface area contributed by atoms with Crippen LogP contribution in [0.3, 0.4) is 0 Å². The maximum atomic E-state index is 14.1. The highest BCUT2D eigenvalue weighted by molar-refractivity contribution is 5.85. The molecule has 40 heavy (non-hydrogen) atoms. The van der Waals surface area contributed by atoms with Crippen LogP contribution in [0.15, 0.2) is 54.6 Å². The SMILES string of the molecule is Cc1ccccc1CN(CC(=O)NCc1cccc(C)c1C(F)(F)F)C(=O)C[C@H](N)Cc1cc(F)c(F)cc1F. The number of nitrogens with two attached hydrogens (primary N) is 1. The summed E-state index contributed by atoms with van der Waals surface area (Å²) in [5, 5.41) is 2.45. The van der Waals surface area contributed by atoms with Crippen LogP contribution in [0, 0.1) is 31.3 Å². The minimum absolute atomic E-state index is 0.00340. The number of amides is 2. The molecule has 2 amide bonds. The van der Waals surface area contributed by atoms with Crippen molar-refractivity contribution in [2.45, 2.75) is 52.0 Å². The number of nitrogens with zero attached hydrogens (tertiary/aromatic N) is 1. The largest absolute Gasteiger partial charge is 0.416 e. The fourth-order valence-electron chi connectivity index (χ4n) is 4.36. The lowest BCUT2D eigenvalue weighted by Gasteiger charge is -2.25. The Bertz CT molecular complexity index is 1380. The van der Waals surface area contributed by atoms with E-state index in [-0.39, 0.29) is 36.1 Å². The Morgan fingerprint density at radius 3 is 2.17 bits per heavy atom. The van der Waals surface area contributed by atoms with Gasteiger partial charge in [-0.15, -0.1) is 0 Å². The second kappa shape index (κ2) is 13.0. The van der Waals surface area contributed by atoms with Gasteiger partial charge in [0.25, 0.3) is 0 Å². The van der Waals surface area contributed by atoms with Crippen LogP contribution >= 0.6 is 0 Å². The predicted octanol–water partition coefficient (Wildman–Crippen LogP) is 5.34. The first-order valence-corrected chi connectivity index (χ1v) is 12.4. The Kier molecular flexibility index (Phi) is 9.97. The first-order valence-electron chi connectivity index (χ1n) is 12.4. The second-order valence-electron chi connectivity index (χ2n) is 9.59. The van der Waals surface area contributed by atoms with Gasteiger partial charge in [0.1, 0.15) is 5.82 Å². The van der Waals surface area contributed by atoms with Crippen LogP contribution in [0.25, 0.3) is 0 Å². The number of hydrogen-bond donors (Lipinski definition) is 2. The highest BCUT2D eigenvalue weighted by Crippen LogP contribution is 2.34. The minimum atomic E-state index is -4.61. The molecule has 0 aliphatic carbocycles. The molecule has 5 nitrogen and oxygen atoms in total. The van der Waals surface area contributed by atoms with E-state index in [2.05, 4.69) is 5.32 Å². The smallest absolute Gasteiger partial charge is 0.350 e. The number of nitrogens with one attached hydrogen (secondary N) is 1. The van der Waals surface area contributed by atoms with E-state index in [0.717, 1.165) is 11.1 Å². The first kappa shape index (κ1) is 30.7. The summed E-state index contributed by atoms with van der Waals surface area (Å²) in [4.78, 5) is 27.2. The zero-order chi connectivity index (χ0) is 29.6. The van der Waals surface area contributed by atoms with Crippen molar-refractivity contribution in [2.75, 3.05) is 6.54 Å². The third kappa shape index (κ3) is 8.08. The van der Waals surface area contributed by atoms with Crippen molar-refractivity contribution in [1.82, 2.24) is 10.2 Å². The van der Waals surface area contributed by atoms with Gasteiger partial charge in [-0.3, -0.25) is 9.59 Å². The van der Waals surface area contributed by atoms with Crippen molar-refractivity contribution in [2.24, 2.45) is 5.73 Å². The first-order chi connectivity index (χ1) is 18.8. The van der Waals surface area contributed by atoms with E-state index in [1.807, 2.05) is 13.0 Å². The van der Waals surface area contributed by atoms with Crippen molar-refractivity contribution in [3.8, 4) is 0 Å². The molecule has 0 saturated heterocycles. The minimum Gasteiger partial charge on any atom is -0.350 e. The average Bonchev–Trinajstić information content (AvgIpc) is 2.86. The van der Waals surface area contributed by atoms with Crippen molar-refractivity contribution >= 4 is 11.8 Å². The van der Waals surface area contributed by atoms with Crippen LogP contribution in [0.2, 0.25) is 0 Å². The zero-order valence-electron chi connectivity index (χ0n) is 21.9. The van der Waals surface area contributed by atoms with E-state index in [9.17, 15) is 35.9 Å². The highest BCUT2D eigenvalue weighted by atomic mass is 19.4. The molecule has 11 heteroatoms. The van der Waals surface area contributed by atoms with Gasteiger partial charge in [0.05, 0.1) is 12.1 Å². The number of hydrogen-bond acceptors (Lipinski definition) is 3. The standard InChI is InChI=1S/C29H29F6N3O2/c1-17-6-3-4-8-20(17)15-38(27(40)12-22(36)10-21-11-24(31)25(32)13-23(21)30)16-26(39)37-14-19-9-5-7-18(2)28(19)29(33,34)35/h3-9,11,13,22H,10,12,14-16,36H2,1-2H3,(H,37,39)/t22-/m1/s1. The topological polar surface area (TPSA) is 75.4 Å². The number of benzene rings is 3. The lowest BCUT2D eigenvalue weighted by molar-refractivity contribution is -0.139. The van der Waals surface area contributed by atoms with Crippen molar-refractivity contribution in [3.63, 3.8) is 0 Å². The molecule has 0 radical (unpaired) electrons. The predicted molar refractivity (Wildman–Crippen MR) is 137 cm³/mol. The van der Waals surface area contributed by atoms with Crippen molar-refractivity contribution in [3.05, 3.63) is 105 Å². The van der Waals surface area contributed by atoms with Crippen molar-refractivity contribution in [1.29, 1.82) is 0 Å². The van der Waals surface area contributed by atoms with Gasteiger partial charge >= 0.3 is 6.18 Å². The number of alkyl halides is 3. The molecule has 214 valence electrons. The number of halogens is 6. The van der Waals surface area contributed by atoms with Crippen LogP contribution in [-0.2, 0) is 35.3 Å². The summed E-state index contributed by atoms with van der Waals surface area (Å²) in [6.45, 7) is 2.25. The number of aryl methyl sites for hydroxylation is 2. The highest BCUT2D eigenvalue weighted by Gasteiger charge is 2.35. The van der Waals surface area contributed by atoms with Gasteiger partial charge in [0, 0.05) is 31.6 Å². The monoisotopic (exact) mass is 565 g/mol. The molecule has 0 heterocycles. The number of carbonyl (C=O) groups is 2. The van der Waals surface area contributed by atoms with Gasteiger partial charge in [0.15, 0.2) is 11.6 Å². The maximum Gasteiger partial charge on any atom is 0.416 e. The third-order valence-corrected chi connectivity index (χ3v) is 6.44. The zero-order valence-corrected chi connectivity index (χ0v) is 21.9. The normalized spacial score (nSPS) is 12.2. The molecule has 0 saturated carbocycles. The lowest BCUT2D eigenvalue weighted by atomic mass is 10.0. The van der Waals surface area contributed by atoms with Gasteiger partial charge in [-0.2, -0.15) is 13.2 Å². The Morgan fingerprint density at radius 2 is 1.50 bits per heavy atom. The fraction of sp³-hybridized carbons (Fsp3) is 0.310. The van der Waals surface area contributed by atoms with Gasteiger partial charge in [0.2, 0.25) is 11.8 Å². The molecule has 0 bridgehead atoms. The van der Waals surface area contributed by atoms with Gasteiger partial charge in [-0.05, 0) is 54.2 Å². The van der Waals surface area contributed by atoms with Gasteiger partial charge in [-0.25, -0.2) is 13.2 Å². The molecular weight excluding hydrogens is 536 g/mol. The van der Waals surface area contributed by atoms with Crippen LogP contribution < -0.4 is 11.1 Å². The fourth-order valence-corrected chi connectivity index (χ4v) is 4.36. The molecule has 0 unspecified atom stereocenters. The van der Waals surface area contributed by atoms with E-state index in [1.165, 1.54) is 30.0 Å². The molecule has 3 aromatic carbocycles. The Hall–Kier alpha value is -3.86. The quantitative estimate of drug-likeness (QED) is 0.257. The van der Waals surface area contributed by atoms with E-state index in [1.54, 1.807) is 18.2 Å². The van der Waals surface area contributed by atoms with E-state index >= 15 is 0 Å². The summed E-state index contributed by atoms with van der Waals surface area (Å²) in [6, 6.07) is 11.2. The molecule has 0 aromatic heterocycles. The van der Waals surface area contributed by atoms with Crippen LogP contribution in [-0.4, -0.2) is 29.3 Å². The molecule has 0 aliphatic rings. The molecule has 0 aliphatic heterocycles. The number of carbonyl (C=O) groups excluding carboxylic acids is 2. The molecule has 0 spiro atoms. The van der Waals surface area contributed by atoms with Crippen LogP contribution in [0.4, 0.5) is 26.3 Å². The van der Waals surface area contributed by atoms with Gasteiger partial charge in [-0.1, -0.05) is 42.5 Å². The van der Waals surface area contributed by atoms with Gasteiger partial charge < -0.3 is 16.0 Å². The molecule has 3 rings (SSSR count). The summed E-state index contributed by atoms with van der Waals surface area (Å²) in [7, 11) is 0. The summed E-state index contributed by atoms with van der Waals surface area (Å²) in [5.74, 6) is -4.89. The molecule has 0 fully saturated rings. The average molecular weight is 566 g/mol. The van der Waals surface area contributed by atoms with Crippen LogP contribution in [0.1, 0.15) is 39.8 Å². The summed E-state index contributed by atoms with van der Waals surface area (Å²) >= 11 is 0. The maximum absolute atomic E-state index is 14.1. The van der Waals surface area contributed by atoms with Crippen LogP contribution in [0.5, 0.6) is 0 Å². The Morgan fingerprint density at radius 1 is 0.875 bits per heavy atom. The molecular formula is C29H29F6N3O2. The Labute approximate surface area is 228 Å². The van der Waals surface area contributed by atoms with E-state index in [4.69, 9.17) is 5.73 Å². The molecule has 3 N–H and O–H groups in total. The summed E-state index contributed by atoms with van der Waals surface area (Å²) in [6.07, 6.45) is -5.23. The van der Waals surface area contributed by atoms with E-state index < -0.39 is 60.1 Å².